The van der Waals surface area contributed by atoms with Gasteiger partial charge < -0.3 is 10.6 Å². The molecule has 0 fully saturated rings. The molecule has 3 nitrogen and oxygen atoms in total. The van der Waals surface area contributed by atoms with Crippen LogP contribution in [0.1, 0.15) is 19.8 Å². The van der Waals surface area contributed by atoms with Crippen LogP contribution in [0.2, 0.25) is 0 Å². The molecule has 0 saturated heterocycles. The van der Waals surface area contributed by atoms with E-state index in [-0.39, 0.29) is 5.91 Å². The normalized spacial score (nSPS) is 10.2. The molecule has 0 aliphatic rings. The van der Waals surface area contributed by atoms with Gasteiger partial charge in [-0.25, -0.2) is 8.78 Å². The van der Waals surface area contributed by atoms with Crippen LogP contribution < -0.4 is 10.6 Å². The van der Waals surface area contributed by atoms with Gasteiger partial charge >= 0.3 is 0 Å². The minimum Gasteiger partial charge on any atom is -0.355 e. The molecule has 21 heavy (non-hydrogen) atoms. The van der Waals surface area contributed by atoms with Crippen molar-refractivity contribution in [2.45, 2.75) is 19.8 Å². The molecular weight excluding hydrogens is 274 g/mol. The van der Waals surface area contributed by atoms with E-state index in [1.54, 1.807) is 24.3 Å². The first-order chi connectivity index (χ1) is 10.1. The van der Waals surface area contributed by atoms with Crippen molar-refractivity contribution < 1.29 is 13.6 Å². The molecule has 0 aliphatic carbocycles. The smallest absolute Gasteiger partial charge is 0.224 e. The SMILES string of the molecule is CCCC(=O)Nc1ccc(Nc2ccc(F)c(F)c2)cc1. The summed E-state index contributed by atoms with van der Waals surface area (Å²) in [5, 5.41) is 5.73. The second kappa shape index (κ2) is 6.83. The van der Waals surface area contributed by atoms with Crippen molar-refractivity contribution in [1.29, 1.82) is 0 Å². The average Bonchev–Trinajstić information content (AvgIpc) is 2.45. The predicted molar refractivity (Wildman–Crippen MR) is 79.6 cm³/mol. The van der Waals surface area contributed by atoms with Gasteiger partial charge in [-0.15, -0.1) is 0 Å². The van der Waals surface area contributed by atoms with Gasteiger partial charge in [0.15, 0.2) is 11.6 Å². The van der Waals surface area contributed by atoms with Gasteiger partial charge in [-0.2, -0.15) is 0 Å². The van der Waals surface area contributed by atoms with Crippen molar-refractivity contribution in [3.63, 3.8) is 0 Å². The van der Waals surface area contributed by atoms with Gasteiger partial charge in [0.1, 0.15) is 0 Å². The molecule has 0 saturated carbocycles. The third kappa shape index (κ3) is 4.27. The summed E-state index contributed by atoms with van der Waals surface area (Å²) < 4.78 is 25.9. The molecule has 2 N–H and O–H groups in total. The third-order valence-corrected chi connectivity index (χ3v) is 2.85. The van der Waals surface area contributed by atoms with Crippen LogP contribution in [0.5, 0.6) is 0 Å². The Kier molecular flexibility index (Phi) is 4.87. The Morgan fingerprint density at radius 3 is 2.19 bits per heavy atom. The lowest BCUT2D eigenvalue weighted by Gasteiger charge is -2.09. The zero-order chi connectivity index (χ0) is 15.2. The maximum absolute atomic E-state index is 13.1. The van der Waals surface area contributed by atoms with E-state index in [0.717, 1.165) is 24.2 Å². The summed E-state index contributed by atoms with van der Waals surface area (Å²) in [7, 11) is 0. The molecular formula is C16H16F2N2O. The highest BCUT2D eigenvalue weighted by atomic mass is 19.2. The van der Waals surface area contributed by atoms with Crippen LogP contribution in [-0.4, -0.2) is 5.91 Å². The lowest BCUT2D eigenvalue weighted by molar-refractivity contribution is -0.116. The number of halogens is 2. The fraction of sp³-hybridized carbons (Fsp3) is 0.188. The lowest BCUT2D eigenvalue weighted by Crippen LogP contribution is -2.10. The minimum absolute atomic E-state index is 0.0289. The molecule has 1 amide bonds. The van der Waals surface area contributed by atoms with E-state index in [1.165, 1.54) is 6.07 Å². The number of amides is 1. The van der Waals surface area contributed by atoms with Crippen molar-refractivity contribution in [2.75, 3.05) is 10.6 Å². The van der Waals surface area contributed by atoms with E-state index in [1.807, 2.05) is 6.92 Å². The molecule has 0 unspecified atom stereocenters. The summed E-state index contributed by atoms with van der Waals surface area (Å²) in [6.07, 6.45) is 1.27. The molecule has 0 bridgehead atoms. The topological polar surface area (TPSA) is 41.1 Å². The quantitative estimate of drug-likeness (QED) is 0.854. The third-order valence-electron chi connectivity index (χ3n) is 2.85. The molecule has 0 atom stereocenters. The molecule has 2 aromatic rings. The van der Waals surface area contributed by atoms with Gasteiger partial charge in [0.05, 0.1) is 0 Å². The van der Waals surface area contributed by atoms with E-state index >= 15 is 0 Å². The number of hydrogen-bond donors (Lipinski definition) is 2. The van der Waals surface area contributed by atoms with Crippen molar-refractivity contribution in [3.8, 4) is 0 Å². The number of hydrogen-bond acceptors (Lipinski definition) is 2. The van der Waals surface area contributed by atoms with Gasteiger partial charge in [0.2, 0.25) is 5.91 Å². The lowest BCUT2D eigenvalue weighted by atomic mass is 10.2. The highest BCUT2D eigenvalue weighted by Crippen LogP contribution is 2.20. The van der Waals surface area contributed by atoms with Gasteiger partial charge in [-0.3, -0.25) is 4.79 Å². The van der Waals surface area contributed by atoms with Crippen LogP contribution in [0.4, 0.5) is 25.8 Å². The number of carbonyl (C=O) groups is 1. The monoisotopic (exact) mass is 290 g/mol. The van der Waals surface area contributed by atoms with Gasteiger partial charge in [0, 0.05) is 29.5 Å². The van der Waals surface area contributed by atoms with Crippen molar-refractivity contribution in [2.24, 2.45) is 0 Å². The first kappa shape index (κ1) is 15.0. The van der Waals surface area contributed by atoms with E-state index in [4.69, 9.17) is 0 Å². The zero-order valence-electron chi connectivity index (χ0n) is 11.6. The molecule has 5 heteroatoms. The van der Waals surface area contributed by atoms with Crippen LogP contribution in [-0.2, 0) is 4.79 Å². The van der Waals surface area contributed by atoms with Crippen LogP contribution >= 0.6 is 0 Å². The fourth-order valence-corrected chi connectivity index (χ4v) is 1.83. The van der Waals surface area contributed by atoms with Crippen LogP contribution in [0.15, 0.2) is 42.5 Å². The molecule has 2 rings (SSSR count). The molecule has 110 valence electrons. The maximum Gasteiger partial charge on any atom is 0.224 e. The first-order valence-corrected chi connectivity index (χ1v) is 6.70. The molecule has 0 aromatic heterocycles. The largest absolute Gasteiger partial charge is 0.355 e. The second-order valence-corrected chi connectivity index (χ2v) is 4.63. The van der Waals surface area contributed by atoms with Gasteiger partial charge in [-0.1, -0.05) is 6.92 Å². The van der Waals surface area contributed by atoms with E-state index < -0.39 is 11.6 Å². The number of anilines is 3. The Morgan fingerprint density at radius 2 is 1.57 bits per heavy atom. The summed E-state index contributed by atoms with van der Waals surface area (Å²) in [5.41, 5.74) is 1.87. The summed E-state index contributed by atoms with van der Waals surface area (Å²) >= 11 is 0. The summed E-state index contributed by atoms with van der Waals surface area (Å²) in [6, 6.07) is 10.6. The Bertz CT molecular complexity index is 627. The van der Waals surface area contributed by atoms with Crippen LogP contribution in [0, 0.1) is 11.6 Å². The Hall–Kier alpha value is -2.43. The molecule has 0 spiro atoms. The standard InChI is InChI=1S/C16H16F2N2O/c1-2-3-16(21)20-12-6-4-11(5-7-12)19-13-8-9-14(17)15(18)10-13/h4-10,19H,2-3H2,1H3,(H,20,21). The van der Waals surface area contributed by atoms with Gasteiger partial charge in [-0.05, 0) is 42.8 Å². The summed E-state index contributed by atoms with van der Waals surface area (Å²) in [6.45, 7) is 1.94. The van der Waals surface area contributed by atoms with Crippen LogP contribution in [0.3, 0.4) is 0 Å². The Balaban J connectivity index is 2.01. The average molecular weight is 290 g/mol. The highest BCUT2D eigenvalue weighted by Gasteiger charge is 2.04. The van der Waals surface area contributed by atoms with Crippen LogP contribution in [0.25, 0.3) is 0 Å². The molecule has 0 radical (unpaired) electrons. The van der Waals surface area contributed by atoms with E-state index in [2.05, 4.69) is 10.6 Å². The predicted octanol–water partition coefficient (Wildman–Crippen LogP) is 4.45. The van der Waals surface area contributed by atoms with E-state index in [0.29, 0.717) is 17.8 Å². The number of benzene rings is 2. The number of rotatable bonds is 5. The summed E-state index contributed by atoms with van der Waals surface area (Å²) in [5.74, 6) is -1.81. The Labute approximate surface area is 122 Å². The van der Waals surface area contributed by atoms with Gasteiger partial charge in [0.25, 0.3) is 0 Å². The Morgan fingerprint density at radius 1 is 0.952 bits per heavy atom. The molecule has 0 heterocycles. The van der Waals surface area contributed by atoms with Crippen molar-refractivity contribution >= 4 is 23.0 Å². The first-order valence-electron chi connectivity index (χ1n) is 6.70. The molecule has 2 aromatic carbocycles. The maximum atomic E-state index is 13.1. The number of carbonyl (C=O) groups excluding carboxylic acids is 1. The van der Waals surface area contributed by atoms with Crippen molar-refractivity contribution in [3.05, 3.63) is 54.1 Å². The summed E-state index contributed by atoms with van der Waals surface area (Å²) in [4.78, 5) is 11.5. The second-order valence-electron chi connectivity index (χ2n) is 4.63. The highest BCUT2D eigenvalue weighted by molar-refractivity contribution is 5.90. The van der Waals surface area contributed by atoms with Crippen molar-refractivity contribution in [1.82, 2.24) is 0 Å². The fourth-order valence-electron chi connectivity index (χ4n) is 1.83. The number of nitrogens with one attached hydrogen (secondary N) is 2. The van der Waals surface area contributed by atoms with E-state index in [9.17, 15) is 13.6 Å². The molecule has 0 aliphatic heterocycles. The minimum atomic E-state index is -0.900. The zero-order valence-corrected chi connectivity index (χ0v) is 11.6.